The third kappa shape index (κ3) is 5.36. The van der Waals surface area contributed by atoms with E-state index in [0.717, 1.165) is 12.8 Å². The van der Waals surface area contributed by atoms with Crippen molar-refractivity contribution in [1.82, 2.24) is 10.2 Å². The summed E-state index contributed by atoms with van der Waals surface area (Å²) in [6.45, 7) is 6.27. The Balaban J connectivity index is 2.23. The average molecular weight is 286 g/mol. The monoisotopic (exact) mass is 286 g/mol. The number of nitrogens with zero attached hydrogens (tertiary/aromatic N) is 1. The molecule has 20 heavy (non-hydrogen) atoms. The highest BCUT2D eigenvalue weighted by Crippen LogP contribution is 2.20. The van der Waals surface area contributed by atoms with E-state index >= 15 is 0 Å². The summed E-state index contributed by atoms with van der Waals surface area (Å²) in [5.74, 6) is -1.12. The van der Waals surface area contributed by atoms with Crippen LogP contribution in [0.1, 0.15) is 46.5 Å². The summed E-state index contributed by atoms with van der Waals surface area (Å²) in [5, 5.41) is 21.5. The van der Waals surface area contributed by atoms with Crippen molar-refractivity contribution in [2.75, 3.05) is 13.1 Å². The molecule has 0 spiro atoms. The molecule has 3 unspecified atom stereocenters. The van der Waals surface area contributed by atoms with Crippen LogP contribution in [0.5, 0.6) is 0 Å². The van der Waals surface area contributed by atoms with Crippen LogP contribution in [0.15, 0.2) is 0 Å². The predicted octanol–water partition coefficient (Wildman–Crippen LogP) is 1.43. The SMILES string of the molecule is CC(CCCC(C)C(=O)O)NC(=O)N1CCC(C)(O)C1. The first-order valence-electron chi connectivity index (χ1n) is 7.22. The highest BCUT2D eigenvalue weighted by Gasteiger charge is 2.34. The number of hydrogen-bond donors (Lipinski definition) is 3. The molecule has 1 saturated heterocycles. The van der Waals surface area contributed by atoms with Crippen molar-refractivity contribution >= 4 is 12.0 Å². The first-order chi connectivity index (χ1) is 9.21. The number of carbonyl (C=O) groups excluding carboxylic acids is 1. The number of carboxylic acids is 1. The number of amides is 2. The number of likely N-dealkylation sites (tertiary alicyclic amines) is 1. The van der Waals surface area contributed by atoms with Crippen LogP contribution >= 0.6 is 0 Å². The van der Waals surface area contributed by atoms with Gasteiger partial charge in [0.05, 0.1) is 18.1 Å². The minimum absolute atomic E-state index is 0.00837. The van der Waals surface area contributed by atoms with E-state index in [1.54, 1.807) is 18.7 Å². The molecule has 3 atom stereocenters. The van der Waals surface area contributed by atoms with Gasteiger partial charge in [0, 0.05) is 12.6 Å². The average Bonchev–Trinajstić information content (AvgIpc) is 2.69. The van der Waals surface area contributed by atoms with Crippen LogP contribution < -0.4 is 5.32 Å². The number of carbonyl (C=O) groups is 2. The number of rotatable bonds is 6. The summed E-state index contributed by atoms with van der Waals surface area (Å²) in [5.41, 5.74) is -0.780. The molecule has 1 aliphatic rings. The summed E-state index contributed by atoms with van der Waals surface area (Å²) < 4.78 is 0. The first kappa shape index (κ1) is 16.8. The molecule has 1 fully saturated rings. The van der Waals surface area contributed by atoms with Crippen molar-refractivity contribution in [3.05, 3.63) is 0 Å². The van der Waals surface area contributed by atoms with Gasteiger partial charge in [-0.05, 0) is 33.1 Å². The number of nitrogens with one attached hydrogen (secondary N) is 1. The Morgan fingerprint density at radius 2 is 2.00 bits per heavy atom. The van der Waals surface area contributed by atoms with Crippen molar-refractivity contribution in [3.63, 3.8) is 0 Å². The van der Waals surface area contributed by atoms with Crippen LogP contribution in [0.2, 0.25) is 0 Å². The van der Waals surface area contributed by atoms with Gasteiger partial charge in [0.25, 0.3) is 0 Å². The zero-order chi connectivity index (χ0) is 15.3. The molecule has 0 aliphatic carbocycles. The largest absolute Gasteiger partial charge is 0.481 e. The fourth-order valence-electron chi connectivity index (χ4n) is 2.35. The van der Waals surface area contributed by atoms with Gasteiger partial charge in [-0.2, -0.15) is 0 Å². The molecule has 6 heteroatoms. The highest BCUT2D eigenvalue weighted by atomic mass is 16.4. The standard InChI is InChI=1S/C14H26N2O4/c1-10(12(17)18)5-4-6-11(2)15-13(19)16-8-7-14(3,20)9-16/h10-11,20H,4-9H2,1-3H3,(H,15,19)(H,17,18). The fourth-order valence-corrected chi connectivity index (χ4v) is 2.35. The summed E-state index contributed by atoms with van der Waals surface area (Å²) >= 11 is 0. The van der Waals surface area contributed by atoms with Crippen molar-refractivity contribution in [1.29, 1.82) is 0 Å². The van der Waals surface area contributed by atoms with E-state index in [-0.39, 0.29) is 18.0 Å². The lowest BCUT2D eigenvalue weighted by molar-refractivity contribution is -0.141. The molecule has 1 rings (SSSR count). The molecule has 1 heterocycles. The van der Waals surface area contributed by atoms with Crippen LogP contribution in [0, 0.1) is 5.92 Å². The number of hydrogen-bond acceptors (Lipinski definition) is 3. The third-order valence-corrected chi connectivity index (χ3v) is 3.80. The highest BCUT2D eigenvalue weighted by molar-refractivity contribution is 5.75. The molecule has 0 saturated carbocycles. The smallest absolute Gasteiger partial charge is 0.317 e. The van der Waals surface area contributed by atoms with E-state index in [0.29, 0.717) is 25.9 Å². The van der Waals surface area contributed by atoms with Gasteiger partial charge >= 0.3 is 12.0 Å². The Bertz CT molecular complexity index is 357. The quantitative estimate of drug-likeness (QED) is 0.689. The second kappa shape index (κ2) is 6.92. The maximum atomic E-state index is 12.0. The van der Waals surface area contributed by atoms with E-state index in [9.17, 15) is 14.7 Å². The lowest BCUT2D eigenvalue weighted by Crippen LogP contribution is -2.44. The topological polar surface area (TPSA) is 89.9 Å². The number of urea groups is 1. The zero-order valence-electron chi connectivity index (χ0n) is 12.6. The van der Waals surface area contributed by atoms with Crippen LogP contribution in [0.25, 0.3) is 0 Å². The Morgan fingerprint density at radius 1 is 1.35 bits per heavy atom. The van der Waals surface area contributed by atoms with E-state index in [4.69, 9.17) is 5.11 Å². The van der Waals surface area contributed by atoms with Crippen LogP contribution in [-0.4, -0.2) is 51.8 Å². The predicted molar refractivity (Wildman–Crippen MR) is 75.5 cm³/mol. The Morgan fingerprint density at radius 3 is 2.50 bits per heavy atom. The summed E-state index contributed by atoms with van der Waals surface area (Å²) in [4.78, 5) is 24.3. The van der Waals surface area contributed by atoms with E-state index in [1.807, 2.05) is 6.92 Å². The molecule has 0 aromatic rings. The summed E-state index contributed by atoms with van der Waals surface area (Å²) in [6.07, 6.45) is 2.75. The van der Waals surface area contributed by atoms with Crippen molar-refractivity contribution in [2.24, 2.45) is 5.92 Å². The second-order valence-electron chi connectivity index (χ2n) is 6.19. The minimum Gasteiger partial charge on any atom is -0.481 e. The van der Waals surface area contributed by atoms with Gasteiger partial charge < -0.3 is 20.4 Å². The molecular formula is C14H26N2O4. The molecule has 3 N–H and O–H groups in total. The minimum atomic E-state index is -0.780. The molecule has 1 aliphatic heterocycles. The fraction of sp³-hybridized carbons (Fsp3) is 0.857. The van der Waals surface area contributed by atoms with Crippen LogP contribution in [0.3, 0.4) is 0 Å². The van der Waals surface area contributed by atoms with Crippen LogP contribution in [-0.2, 0) is 4.79 Å². The molecular weight excluding hydrogens is 260 g/mol. The Hall–Kier alpha value is -1.30. The maximum absolute atomic E-state index is 12.0. The van der Waals surface area contributed by atoms with Gasteiger partial charge in [-0.1, -0.05) is 13.3 Å². The Kier molecular flexibility index (Phi) is 5.80. The van der Waals surface area contributed by atoms with Crippen LogP contribution in [0.4, 0.5) is 4.79 Å². The Labute approximate surface area is 120 Å². The molecule has 0 aromatic heterocycles. The normalized spacial score (nSPS) is 25.3. The van der Waals surface area contributed by atoms with Crippen molar-refractivity contribution in [2.45, 2.75) is 58.1 Å². The van der Waals surface area contributed by atoms with Crippen molar-refractivity contribution < 1.29 is 19.8 Å². The van der Waals surface area contributed by atoms with Gasteiger partial charge in [0.1, 0.15) is 0 Å². The van der Waals surface area contributed by atoms with Gasteiger partial charge in [0.2, 0.25) is 0 Å². The molecule has 0 aromatic carbocycles. The lowest BCUT2D eigenvalue weighted by Gasteiger charge is -2.22. The van der Waals surface area contributed by atoms with Gasteiger partial charge in [-0.3, -0.25) is 4.79 Å². The third-order valence-electron chi connectivity index (χ3n) is 3.80. The van der Waals surface area contributed by atoms with E-state index in [2.05, 4.69) is 5.32 Å². The maximum Gasteiger partial charge on any atom is 0.317 e. The number of aliphatic carboxylic acids is 1. The number of carboxylic acid groups (broad SMARTS) is 1. The molecule has 0 radical (unpaired) electrons. The van der Waals surface area contributed by atoms with Gasteiger partial charge in [-0.25, -0.2) is 4.79 Å². The molecule has 116 valence electrons. The number of aliphatic hydroxyl groups is 1. The molecule has 0 bridgehead atoms. The van der Waals surface area contributed by atoms with Gasteiger partial charge in [0.15, 0.2) is 0 Å². The van der Waals surface area contributed by atoms with E-state index < -0.39 is 11.6 Å². The zero-order valence-corrected chi connectivity index (χ0v) is 12.6. The molecule has 6 nitrogen and oxygen atoms in total. The second-order valence-corrected chi connectivity index (χ2v) is 6.19. The van der Waals surface area contributed by atoms with Gasteiger partial charge in [-0.15, -0.1) is 0 Å². The van der Waals surface area contributed by atoms with E-state index in [1.165, 1.54) is 0 Å². The lowest BCUT2D eigenvalue weighted by atomic mass is 10.0. The summed E-state index contributed by atoms with van der Waals surface area (Å²) in [7, 11) is 0. The van der Waals surface area contributed by atoms with Crippen molar-refractivity contribution in [3.8, 4) is 0 Å². The summed E-state index contributed by atoms with van der Waals surface area (Å²) in [6, 6.07) is -0.143. The number of β-amino-alcohol motifs (C(OH)–C–C–N with tert-alkyl or cyclic N) is 1. The first-order valence-corrected chi connectivity index (χ1v) is 7.22. The molecule has 2 amide bonds.